The average Bonchev–Trinajstić information content (AvgIpc) is 3.20. The fraction of sp³-hybridized carbons (Fsp3) is 0.0833. The first-order valence-corrected chi connectivity index (χ1v) is 9.79. The topological polar surface area (TPSA) is 39.2 Å². The average molecular weight is 385 g/mol. The van der Waals surface area contributed by atoms with Gasteiger partial charge in [-0.05, 0) is 36.8 Å². The molecule has 0 saturated carbocycles. The summed E-state index contributed by atoms with van der Waals surface area (Å²) in [4.78, 5) is 18.7. The van der Waals surface area contributed by atoms with Crippen LogP contribution >= 0.6 is 11.3 Å². The second-order valence-corrected chi connectivity index (χ2v) is 7.49. The predicted molar refractivity (Wildman–Crippen MR) is 114 cm³/mol. The van der Waals surface area contributed by atoms with Gasteiger partial charge in [0.1, 0.15) is 5.75 Å². The number of benzene rings is 3. The lowest BCUT2D eigenvalue weighted by molar-refractivity contribution is 0.103. The molecule has 0 spiro atoms. The second-order valence-electron chi connectivity index (χ2n) is 6.49. The summed E-state index contributed by atoms with van der Waals surface area (Å²) in [6, 6.07) is 25.3. The normalized spacial score (nSPS) is 10.6. The fourth-order valence-electron chi connectivity index (χ4n) is 2.98. The maximum atomic E-state index is 13.0. The molecule has 3 nitrogen and oxygen atoms in total. The lowest BCUT2D eigenvalue weighted by atomic mass is 10.1. The van der Waals surface area contributed by atoms with Gasteiger partial charge in [-0.2, -0.15) is 0 Å². The van der Waals surface area contributed by atoms with Crippen LogP contribution in [0.5, 0.6) is 5.75 Å². The molecule has 0 radical (unpaired) electrons. The number of ketones is 1. The molecule has 0 fully saturated rings. The Kier molecular flexibility index (Phi) is 5.04. The molecule has 28 heavy (non-hydrogen) atoms. The van der Waals surface area contributed by atoms with Crippen LogP contribution < -0.4 is 4.74 Å². The highest BCUT2D eigenvalue weighted by molar-refractivity contribution is 7.17. The Hall–Kier alpha value is -3.24. The fourth-order valence-corrected chi connectivity index (χ4v) is 4.03. The van der Waals surface area contributed by atoms with Crippen molar-refractivity contribution in [2.75, 3.05) is 7.11 Å². The summed E-state index contributed by atoms with van der Waals surface area (Å²) in [5, 5.41) is 0.493. The van der Waals surface area contributed by atoms with Crippen LogP contribution in [0.25, 0.3) is 21.7 Å². The molecule has 0 aliphatic carbocycles. The minimum atomic E-state index is -0.0567. The maximum Gasteiger partial charge on any atom is 0.221 e. The Bertz CT molecular complexity index is 1100. The van der Waals surface area contributed by atoms with Gasteiger partial charge in [0.05, 0.1) is 17.7 Å². The smallest absolute Gasteiger partial charge is 0.221 e. The minimum absolute atomic E-state index is 0.0567. The molecule has 1 heterocycles. The summed E-state index contributed by atoms with van der Waals surface area (Å²) < 4.78 is 5.27. The SMILES string of the molecule is COc1ccc(-c2sc(C(=O)c3ccccc3)nc2-c2ccc(C)cc2)cc1. The molecule has 4 heteroatoms. The molecule has 4 aromatic rings. The van der Waals surface area contributed by atoms with Crippen molar-refractivity contribution in [1.29, 1.82) is 0 Å². The highest BCUT2D eigenvalue weighted by Gasteiger charge is 2.20. The molecule has 1 aromatic heterocycles. The van der Waals surface area contributed by atoms with Gasteiger partial charge in [-0.15, -0.1) is 11.3 Å². The van der Waals surface area contributed by atoms with Crippen molar-refractivity contribution < 1.29 is 9.53 Å². The van der Waals surface area contributed by atoms with Gasteiger partial charge in [0.15, 0.2) is 5.01 Å². The highest BCUT2D eigenvalue weighted by atomic mass is 32.1. The van der Waals surface area contributed by atoms with Crippen molar-refractivity contribution in [3.63, 3.8) is 0 Å². The number of rotatable bonds is 5. The van der Waals surface area contributed by atoms with Crippen molar-refractivity contribution in [1.82, 2.24) is 4.98 Å². The van der Waals surface area contributed by atoms with E-state index in [9.17, 15) is 4.79 Å². The standard InChI is InChI=1S/C24H19NO2S/c1-16-8-10-17(11-9-16)21-23(19-12-14-20(27-2)15-13-19)28-24(25-21)22(26)18-6-4-3-5-7-18/h3-15H,1-2H3. The summed E-state index contributed by atoms with van der Waals surface area (Å²) in [6.45, 7) is 2.06. The number of carbonyl (C=O) groups excluding carboxylic acids is 1. The van der Waals surface area contributed by atoms with Crippen molar-refractivity contribution in [2.24, 2.45) is 0 Å². The van der Waals surface area contributed by atoms with E-state index in [0.29, 0.717) is 10.6 Å². The zero-order chi connectivity index (χ0) is 19.5. The largest absolute Gasteiger partial charge is 0.497 e. The second kappa shape index (κ2) is 7.79. The molecule has 0 amide bonds. The molecule has 0 bridgehead atoms. The van der Waals surface area contributed by atoms with E-state index >= 15 is 0 Å². The lowest BCUT2D eigenvalue weighted by Crippen LogP contribution is -1.99. The number of aryl methyl sites for hydroxylation is 1. The number of nitrogens with zero attached hydrogens (tertiary/aromatic N) is 1. The van der Waals surface area contributed by atoms with Crippen LogP contribution in [-0.4, -0.2) is 17.9 Å². The van der Waals surface area contributed by atoms with Crippen LogP contribution in [0.2, 0.25) is 0 Å². The van der Waals surface area contributed by atoms with Gasteiger partial charge < -0.3 is 4.74 Å². The number of hydrogen-bond donors (Lipinski definition) is 0. The van der Waals surface area contributed by atoms with E-state index in [2.05, 4.69) is 19.1 Å². The van der Waals surface area contributed by atoms with E-state index in [0.717, 1.165) is 27.4 Å². The summed E-state index contributed by atoms with van der Waals surface area (Å²) in [6.07, 6.45) is 0. The number of aromatic nitrogens is 1. The van der Waals surface area contributed by atoms with Gasteiger partial charge in [-0.25, -0.2) is 4.98 Å². The molecule has 4 rings (SSSR count). The first-order chi connectivity index (χ1) is 13.7. The van der Waals surface area contributed by atoms with Crippen molar-refractivity contribution in [2.45, 2.75) is 6.92 Å². The summed E-state index contributed by atoms with van der Waals surface area (Å²) in [7, 11) is 1.65. The van der Waals surface area contributed by atoms with Gasteiger partial charge in [-0.3, -0.25) is 4.79 Å². The van der Waals surface area contributed by atoms with Crippen LogP contribution in [-0.2, 0) is 0 Å². The van der Waals surface area contributed by atoms with E-state index < -0.39 is 0 Å². The molecule has 0 atom stereocenters. The molecule has 0 aliphatic heterocycles. The number of ether oxygens (including phenoxy) is 1. The molecule has 0 aliphatic rings. The summed E-state index contributed by atoms with van der Waals surface area (Å²) in [5.41, 5.74) is 4.67. The molecule has 0 saturated heterocycles. The molecule has 0 N–H and O–H groups in total. The van der Waals surface area contributed by atoms with E-state index in [1.807, 2.05) is 66.7 Å². The third-order valence-electron chi connectivity index (χ3n) is 4.53. The predicted octanol–water partition coefficient (Wildman–Crippen LogP) is 6.03. The molecule has 138 valence electrons. The summed E-state index contributed by atoms with van der Waals surface area (Å²) >= 11 is 1.43. The maximum absolute atomic E-state index is 13.0. The van der Waals surface area contributed by atoms with Crippen molar-refractivity contribution in [3.05, 3.63) is 95.0 Å². The quantitative estimate of drug-likeness (QED) is 0.394. The van der Waals surface area contributed by atoms with Crippen molar-refractivity contribution in [3.8, 4) is 27.4 Å². The zero-order valence-electron chi connectivity index (χ0n) is 15.7. The Morgan fingerprint density at radius 1 is 0.857 bits per heavy atom. The highest BCUT2D eigenvalue weighted by Crippen LogP contribution is 2.38. The van der Waals surface area contributed by atoms with E-state index in [-0.39, 0.29) is 5.78 Å². The van der Waals surface area contributed by atoms with Crippen molar-refractivity contribution >= 4 is 17.1 Å². The zero-order valence-corrected chi connectivity index (χ0v) is 16.5. The number of hydrogen-bond acceptors (Lipinski definition) is 4. The lowest BCUT2D eigenvalue weighted by Gasteiger charge is -2.05. The van der Waals surface area contributed by atoms with Crippen LogP contribution in [0, 0.1) is 6.92 Å². The third kappa shape index (κ3) is 3.59. The van der Waals surface area contributed by atoms with Crippen LogP contribution in [0.4, 0.5) is 0 Å². The Morgan fingerprint density at radius 2 is 1.50 bits per heavy atom. The first kappa shape index (κ1) is 18.1. The number of methoxy groups -OCH3 is 1. The summed E-state index contributed by atoms with van der Waals surface area (Å²) in [5.74, 6) is 0.740. The first-order valence-electron chi connectivity index (χ1n) is 8.98. The Morgan fingerprint density at radius 3 is 2.14 bits per heavy atom. The van der Waals surface area contributed by atoms with Gasteiger partial charge in [0.2, 0.25) is 5.78 Å². The molecular weight excluding hydrogens is 366 g/mol. The third-order valence-corrected chi connectivity index (χ3v) is 5.64. The van der Waals surface area contributed by atoms with E-state index in [1.54, 1.807) is 7.11 Å². The van der Waals surface area contributed by atoms with Crippen LogP contribution in [0.1, 0.15) is 20.9 Å². The Labute approximate surface area is 168 Å². The van der Waals surface area contributed by atoms with Gasteiger partial charge in [-0.1, -0.05) is 60.2 Å². The van der Waals surface area contributed by atoms with Gasteiger partial charge >= 0.3 is 0 Å². The minimum Gasteiger partial charge on any atom is -0.497 e. The van der Waals surface area contributed by atoms with E-state index in [4.69, 9.17) is 9.72 Å². The van der Waals surface area contributed by atoms with Gasteiger partial charge in [0, 0.05) is 11.1 Å². The van der Waals surface area contributed by atoms with E-state index in [1.165, 1.54) is 16.9 Å². The molecular formula is C24H19NO2S. The van der Waals surface area contributed by atoms with Crippen LogP contribution in [0.15, 0.2) is 78.9 Å². The Balaban J connectivity index is 1.83. The van der Waals surface area contributed by atoms with Crippen LogP contribution in [0.3, 0.4) is 0 Å². The number of carbonyl (C=O) groups is 1. The molecule has 3 aromatic carbocycles. The molecule has 0 unspecified atom stereocenters. The monoisotopic (exact) mass is 385 g/mol. The van der Waals surface area contributed by atoms with Gasteiger partial charge in [0.25, 0.3) is 0 Å². The number of thiazole rings is 1.